The fraction of sp³-hybridized carbons (Fsp3) is 0.786. The van der Waals surface area contributed by atoms with Crippen LogP contribution in [0.3, 0.4) is 0 Å². The molecule has 0 aliphatic carbocycles. The van der Waals surface area contributed by atoms with E-state index in [1.54, 1.807) is 0 Å². The van der Waals surface area contributed by atoms with Crippen LogP contribution in [0.15, 0.2) is 12.3 Å². The number of nitrogens with zero attached hydrogens (tertiary/aromatic N) is 1. The SMILES string of the molecule is C=C1CC(C(C)(C)C)CC(=O)N1C(C)(C)C. The second kappa shape index (κ2) is 3.90. The highest BCUT2D eigenvalue weighted by Crippen LogP contribution is 2.40. The van der Waals surface area contributed by atoms with Crippen LogP contribution in [0.5, 0.6) is 0 Å². The van der Waals surface area contributed by atoms with Crippen molar-refractivity contribution in [2.24, 2.45) is 11.3 Å². The average Bonchev–Trinajstić information content (AvgIpc) is 1.97. The zero-order chi connectivity index (χ0) is 12.7. The number of hydrogen-bond acceptors (Lipinski definition) is 1. The van der Waals surface area contributed by atoms with Gasteiger partial charge in [-0.05, 0) is 38.5 Å². The third-order valence-electron chi connectivity index (χ3n) is 3.36. The van der Waals surface area contributed by atoms with E-state index in [-0.39, 0.29) is 16.9 Å². The molecule has 1 aliphatic heterocycles. The van der Waals surface area contributed by atoms with Crippen molar-refractivity contribution in [3.8, 4) is 0 Å². The van der Waals surface area contributed by atoms with Gasteiger partial charge in [0.05, 0.1) is 0 Å². The van der Waals surface area contributed by atoms with Gasteiger partial charge < -0.3 is 4.90 Å². The summed E-state index contributed by atoms with van der Waals surface area (Å²) in [5.41, 5.74) is 1.02. The lowest BCUT2D eigenvalue weighted by molar-refractivity contribution is -0.138. The fourth-order valence-electron chi connectivity index (χ4n) is 2.39. The van der Waals surface area contributed by atoms with E-state index in [1.807, 2.05) is 4.90 Å². The molecule has 1 heterocycles. The number of allylic oxidation sites excluding steroid dienone is 1. The van der Waals surface area contributed by atoms with Crippen LogP contribution in [0.1, 0.15) is 54.4 Å². The molecule has 0 bridgehead atoms. The zero-order valence-corrected chi connectivity index (χ0v) is 11.6. The van der Waals surface area contributed by atoms with E-state index in [9.17, 15) is 4.79 Å². The topological polar surface area (TPSA) is 20.3 Å². The Labute approximate surface area is 99.7 Å². The summed E-state index contributed by atoms with van der Waals surface area (Å²) in [6.45, 7) is 16.9. The Morgan fingerprint density at radius 1 is 1.12 bits per heavy atom. The van der Waals surface area contributed by atoms with Crippen LogP contribution in [0.4, 0.5) is 0 Å². The maximum Gasteiger partial charge on any atom is 0.227 e. The molecule has 1 rings (SSSR count). The normalized spacial score (nSPS) is 23.9. The smallest absolute Gasteiger partial charge is 0.227 e. The van der Waals surface area contributed by atoms with Gasteiger partial charge in [-0.2, -0.15) is 0 Å². The summed E-state index contributed by atoms with van der Waals surface area (Å²) >= 11 is 0. The van der Waals surface area contributed by atoms with E-state index < -0.39 is 0 Å². The van der Waals surface area contributed by atoms with Crippen molar-refractivity contribution < 1.29 is 4.79 Å². The number of amides is 1. The molecule has 2 heteroatoms. The van der Waals surface area contributed by atoms with E-state index >= 15 is 0 Å². The molecule has 0 radical (unpaired) electrons. The Morgan fingerprint density at radius 2 is 1.62 bits per heavy atom. The molecule has 1 aliphatic rings. The minimum atomic E-state index is -0.142. The minimum absolute atomic E-state index is 0.142. The molecule has 0 aromatic carbocycles. The number of likely N-dealkylation sites (tertiary alicyclic amines) is 1. The largest absolute Gasteiger partial charge is 0.312 e. The first kappa shape index (κ1) is 13.3. The highest BCUT2D eigenvalue weighted by molar-refractivity contribution is 5.80. The standard InChI is InChI=1S/C14H25NO/c1-10-8-11(13(2,3)4)9-12(16)15(10)14(5,6)7/h11H,1,8-9H2,2-7H3. The number of piperidine rings is 1. The summed E-state index contributed by atoms with van der Waals surface area (Å²) < 4.78 is 0. The quantitative estimate of drug-likeness (QED) is 0.614. The van der Waals surface area contributed by atoms with Gasteiger partial charge in [0, 0.05) is 17.7 Å². The maximum atomic E-state index is 12.2. The van der Waals surface area contributed by atoms with Crippen molar-refractivity contribution >= 4 is 5.91 Å². The fourth-order valence-corrected chi connectivity index (χ4v) is 2.39. The lowest BCUT2D eigenvalue weighted by atomic mass is 9.73. The van der Waals surface area contributed by atoms with Gasteiger partial charge in [-0.3, -0.25) is 4.79 Å². The molecule has 0 N–H and O–H groups in total. The molecule has 0 saturated carbocycles. The van der Waals surface area contributed by atoms with Crippen molar-refractivity contribution in [3.05, 3.63) is 12.3 Å². The predicted molar refractivity (Wildman–Crippen MR) is 67.9 cm³/mol. The Hall–Kier alpha value is -0.790. The molecular formula is C14H25NO. The van der Waals surface area contributed by atoms with Crippen molar-refractivity contribution in [1.29, 1.82) is 0 Å². The Bertz CT molecular complexity index is 286. The third-order valence-corrected chi connectivity index (χ3v) is 3.36. The summed E-state index contributed by atoms with van der Waals surface area (Å²) in [5, 5.41) is 0. The van der Waals surface area contributed by atoms with Gasteiger partial charge in [0.25, 0.3) is 0 Å². The lowest BCUT2D eigenvalue weighted by Crippen LogP contribution is -2.49. The van der Waals surface area contributed by atoms with Crippen LogP contribution in [0, 0.1) is 11.3 Å². The molecule has 0 spiro atoms. The molecule has 16 heavy (non-hydrogen) atoms. The maximum absolute atomic E-state index is 12.2. The van der Waals surface area contributed by atoms with Crippen LogP contribution < -0.4 is 0 Å². The van der Waals surface area contributed by atoms with Gasteiger partial charge in [-0.25, -0.2) is 0 Å². The molecule has 1 atom stereocenters. The molecule has 2 nitrogen and oxygen atoms in total. The molecule has 1 saturated heterocycles. The third kappa shape index (κ3) is 2.66. The van der Waals surface area contributed by atoms with Crippen LogP contribution in [-0.4, -0.2) is 16.3 Å². The summed E-state index contributed by atoms with van der Waals surface area (Å²) in [5.74, 6) is 0.648. The molecule has 92 valence electrons. The average molecular weight is 223 g/mol. The number of carbonyl (C=O) groups is 1. The first-order chi connectivity index (χ1) is 7.03. The Balaban J connectivity index is 2.89. The van der Waals surface area contributed by atoms with Gasteiger partial charge in [0.2, 0.25) is 5.91 Å². The van der Waals surface area contributed by atoms with E-state index in [2.05, 4.69) is 48.1 Å². The number of hydrogen-bond donors (Lipinski definition) is 0. The molecule has 1 unspecified atom stereocenters. The highest BCUT2D eigenvalue weighted by atomic mass is 16.2. The van der Waals surface area contributed by atoms with Crippen molar-refractivity contribution in [3.63, 3.8) is 0 Å². The van der Waals surface area contributed by atoms with Crippen LogP contribution in [0.2, 0.25) is 0 Å². The predicted octanol–water partition coefficient (Wildman–Crippen LogP) is 3.58. The minimum Gasteiger partial charge on any atom is -0.312 e. The van der Waals surface area contributed by atoms with Gasteiger partial charge in [0.1, 0.15) is 0 Å². The van der Waals surface area contributed by atoms with E-state index in [4.69, 9.17) is 0 Å². The van der Waals surface area contributed by atoms with E-state index in [1.165, 1.54) is 0 Å². The van der Waals surface area contributed by atoms with Crippen molar-refractivity contribution in [2.75, 3.05) is 0 Å². The van der Waals surface area contributed by atoms with E-state index in [0.29, 0.717) is 12.3 Å². The molecular weight excluding hydrogens is 198 g/mol. The van der Waals surface area contributed by atoms with Crippen LogP contribution in [-0.2, 0) is 4.79 Å². The second-order valence-corrected chi connectivity index (χ2v) is 6.94. The molecule has 1 amide bonds. The molecule has 0 aromatic rings. The van der Waals surface area contributed by atoms with Crippen LogP contribution >= 0.6 is 0 Å². The van der Waals surface area contributed by atoms with Gasteiger partial charge in [-0.1, -0.05) is 27.4 Å². The second-order valence-electron chi connectivity index (χ2n) is 6.94. The van der Waals surface area contributed by atoms with Gasteiger partial charge in [-0.15, -0.1) is 0 Å². The number of rotatable bonds is 0. The van der Waals surface area contributed by atoms with Crippen molar-refractivity contribution in [2.45, 2.75) is 59.9 Å². The summed E-state index contributed by atoms with van der Waals surface area (Å²) in [6, 6.07) is 0. The van der Waals surface area contributed by atoms with E-state index in [0.717, 1.165) is 12.1 Å². The van der Waals surface area contributed by atoms with Crippen molar-refractivity contribution in [1.82, 2.24) is 4.90 Å². The van der Waals surface area contributed by atoms with Crippen LogP contribution in [0.25, 0.3) is 0 Å². The lowest BCUT2D eigenvalue weighted by Gasteiger charge is -2.45. The van der Waals surface area contributed by atoms with Gasteiger partial charge in [0.15, 0.2) is 0 Å². The zero-order valence-electron chi connectivity index (χ0n) is 11.6. The number of carbonyl (C=O) groups excluding carboxylic acids is 1. The monoisotopic (exact) mass is 223 g/mol. The summed E-state index contributed by atoms with van der Waals surface area (Å²) in [4.78, 5) is 14.0. The summed E-state index contributed by atoms with van der Waals surface area (Å²) in [7, 11) is 0. The molecule has 1 fully saturated rings. The summed E-state index contributed by atoms with van der Waals surface area (Å²) in [6.07, 6.45) is 1.59. The Morgan fingerprint density at radius 3 is 1.94 bits per heavy atom. The molecule has 0 aromatic heterocycles. The first-order valence-electron chi connectivity index (χ1n) is 6.04. The first-order valence-corrected chi connectivity index (χ1v) is 6.04. The van der Waals surface area contributed by atoms with Gasteiger partial charge >= 0.3 is 0 Å². The highest BCUT2D eigenvalue weighted by Gasteiger charge is 2.39. The Kier molecular flexibility index (Phi) is 3.24.